The summed E-state index contributed by atoms with van der Waals surface area (Å²) in [4.78, 5) is 0. The lowest BCUT2D eigenvalue weighted by Crippen LogP contribution is -2.19. The second kappa shape index (κ2) is 18.9. The summed E-state index contributed by atoms with van der Waals surface area (Å²) in [5.41, 5.74) is 6.18. The summed E-state index contributed by atoms with van der Waals surface area (Å²) in [6.45, 7) is 4.56. The largest absolute Gasteiger partial charge is 0.328 e. The van der Waals surface area contributed by atoms with Crippen LogP contribution in [0.25, 0.3) is 0 Å². The minimum Gasteiger partial charge on any atom is -0.328 e. The highest BCUT2D eigenvalue weighted by Crippen LogP contribution is 2.13. The van der Waals surface area contributed by atoms with Gasteiger partial charge in [0.05, 0.1) is 0 Å². The lowest BCUT2D eigenvalue weighted by molar-refractivity contribution is 0.483. The summed E-state index contributed by atoms with van der Waals surface area (Å²) in [6, 6.07) is 0.474. The predicted octanol–water partition coefficient (Wildman–Crippen LogP) is 6.36. The molecule has 0 amide bonds. The molecule has 0 aromatic carbocycles. The Kier molecular flexibility index (Phi) is 20.9. The van der Waals surface area contributed by atoms with Gasteiger partial charge in [0.2, 0.25) is 0 Å². The summed E-state index contributed by atoms with van der Waals surface area (Å²) in [7, 11) is 0. The molecule has 124 valence electrons. The van der Waals surface area contributed by atoms with E-state index < -0.39 is 0 Å². The van der Waals surface area contributed by atoms with Gasteiger partial charge in [-0.1, -0.05) is 97.3 Å². The average molecular weight is 290 g/mol. The Morgan fingerprint density at radius 2 is 0.850 bits per heavy atom. The van der Waals surface area contributed by atoms with Crippen LogP contribution >= 0.6 is 0 Å². The average Bonchev–Trinajstić information content (AvgIpc) is 2.41. The zero-order chi connectivity index (χ0) is 14.2. The quantitative estimate of drug-likeness (QED) is 0.349. The van der Waals surface area contributed by atoms with Gasteiger partial charge in [0.25, 0.3) is 0 Å². The molecular weight excluding hydrogens is 249 g/mol. The Hall–Kier alpha value is -0.110. The predicted molar refractivity (Wildman–Crippen MR) is 91.1 cm³/mol. The first-order valence-electron chi connectivity index (χ1n) is 9.06. The van der Waals surface area contributed by atoms with Crippen LogP contribution < -0.4 is 5.73 Å². The van der Waals surface area contributed by atoms with Crippen LogP contribution in [0.4, 0.5) is 4.70 Å². The zero-order valence-corrected chi connectivity index (χ0v) is 14.2. The number of hydrogen-bond donors (Lipinski definition) is 1. The van der Waals surface area contributed by atoms with E-state index in [0.29, 0.717) is 6.04 Å². The van der Waals surface area contributed by atoms with Crippen molar-refractivity contribution in [3.63, 3.8) is 0 Å². The maximum absolute atomic E-state index is 6.18. The first-order chi connectivity index (χ1) is 9.31. The monoisotopic (exact) mass is 289 g/mol. The normalized spacial score (nSPS) is 12.2. The lowest BCUT2D eigenvalue weighted by atomic mass is 10.0. The molecule has 0 heterocycles. The molecule has 0 aliphatic rings. The van der Waals surface area contributed by atoms with Crippen LogP contribution in [0.2, 0.25) is 0 Å². The molecule has 0 rings (SSSR count). The summed E-state index contributed by atoms with van der Waals surface area (Å²) < 4.78 is 0. The molecule has 0 saturated heterocycles. The van der Waals surface area contributed by atoms with Crippen molar-refractivity contribution in [3.8, 4) is 0 Å². The minimum atomic E-state index is 0. The van der Waals surface area contributed by atoms with Crippen LogP contribution in [0.1, 0.15) is 110 Å². The highest BCUT2D eigenvalue weighted by atomic mass is 19.0. The molecule has 0 spiro atoms. The summed E-state index contributed by atoms with van der Waals surface area (Å²) >= 11 is 0. The molecule has 0 aliphatic heterocycles. The molecule has 2 N–H and O–H groups in total. The molecule has 0 saturated carbocycles. The Morgan fingerprint density at radius 1 is 0.550 bits per heavy atom. The number of rotatable bonds is 15. The van der Waals surface area contributed by atoms with Gasteiger partial charge >= 0.3 is 0 Å². The van der Waals surface area contributed by atoms with Crippen LogP contribution in [0, 0.1) is 0 Å². The molecule has 1 nitrogen and oxygen atoms in total. The van der Waals surface area contributed by atoms with E-state index in [2.05, 4.69) is 13.8 Å². The molecule has 0 bridgehead atoms. The Bertz CT molecular complexity index is 161. The van der Waals surface area contributed by atoms with E-state index in [-0.39, 0.29) is 4.70 Å². The van der Waals surface area contributed by atoms with Crippen molar-refractivity contribution in [1.29, 1.82) is 0 Å². The summed E-state index contributed by atoms with van der Waals surface area (Å²) in [6.07, 6.45) is 20.6. The van der Waals surface area contributed by atoms with Gasteiger partial charge in [0, 0.05) is 6.04 Å². The second-order valence-electron chi connectivity index (χ2n) is 6.23. The topological polar surface area (TPSA) is 26.0 Å². The Morgan fingerprint density at radius 3 is 1.20 bits per heavy atom. The van der Waals surface area contributed by atoms with E-state index in [1.165, 1.54) is 96.3 Å². The van der Waals surface area contributed by atoms with Gasteiger partial charge < -0.3 is 5.73 Å². The molecule has 1 unspecified atom stereocenters. The lowest BCUT2D eigenvalue weighted by Gasteiger charge is -2.11. The van der Waals surface area contributed by atoms with Gasteiger partial charge in [0.15, 0.2) is 0 Å². The van der Waals surface area contributed by atoms with Crippen molar-refractivity contribution in [1.82, 2.24) is 0 Å². The van der Waals surface area contributed by atoms with Crippen molar-refractivity contribution >= 4 is 0 Å². The van der Waals surface area contributed by atoms with Crippen LogP contribution in [0.5, 0.6) is 0 Å². The van der Waals surface area contributed by atoms with Gasteiger partial charge in [-0.2, -0.15) is 0 Å². The zero-order valence-electron chi connectivity index (χ0n) is 14.2. The molecule has 0 aliphatic carbocycles. The molecule has 0 radical (unpaired) electrons. The van der Waals surface area contributed by atoms with Crippen molar-refractivity contribution in [2.45, 2.75) is 116 Å². The maximum atomic E-state index is 6.18. The smallest absolute Gasteiger partial charge is 0.00388 e. The van der Waals surface area contributed by atoms with Crippen molar-refractivity contribution in [2.75, 3.05) is 0 Å². The van der Waals surface area contributed by atoms with Gasteiger partial charge in [0.1, 0.15) is 0 Å². The molecule has 0 fully saturated rings. The molecule has 1 atom stereocenters. The molecule has 20 heavy (non-hydrogen) atoms. The highest BCUT2D eigenvalue weighted by molar-refractivity contribution is 4.61. The first-order valence-corrected chi connectivity index (χ1v) is 9.06. The fourth-order valence-corrected chi connectivity index (χ4v) is 2.69. The summed E-state index contributed by atoms with van der Waals surface area (Å²) in [5, 5.41) is 0. The van der Waals surface area contributed by atoms with E-state index >= 15 is 0 Å². The summed E-state index contributed by atoms with van der Waals surface area (Å²) in [5.74, 6) is 0. The van der Waals surface area contributed by atoms with Gasteiger partial charge in [-0.05, 0) is 12.8 Å². The minimum absolute atomic E-state index is 0. The fraction of sp³-hybridized carbons (Fsp3) is 1.00. The van der Waals surface area contributed by atoms with Crippen LogP contribution in [-0.4, -0.2) is 6.04 Å². The number of halogens is 1. The van der Waals surface area contributed by atoms with Crippen LogP contribution in [-0.2, 0) is 0 Å². The van der Waals surface area contributed by atoms with Crippen LogP contribution in [0.15, 0.2) is 0 Å². The third-order valence-electron chi connectivity index (χ3n) is 4.11. The highest BCUT2D eigenvalue weighted by Gasteiger charge is 2.02. The number of unbranched alkanes of at least 4 members (excludes halogenated alkanes) is 11. The Labute approximate surface area is 127 Å². The molecule has 0 aromatic heterocycles. The van der Waals surface area contributed by atoms with Crippen molar-refractivity contribution < 1.29 is 4.70 Å². The molecule has 0 aromatic rings. The maximum Gasteiger partial charge on any atom is 0.00388 e. The van der Waals surface area contributed by atoms with E-state index in [1.54, 1.807) is 0 Å². The first kappa shape index (κ1) is 22.2. The van der Waals surface area contributed by atoms with E-state index in [4.69, 9.17) is 5.73 Å². The van der Waals surface area contributed by atoms with Crippen molar-refractivity contribution in [3.05, 3.63) is 0 Å². The number of hydrogen-bond acceptors (Lipinski definition) is 1. The van der Waals surface area contributed by atoms with Crippen LogP contribution in [0.3, 0.4) is 0 Å². The SMILES string of the molecule is CCCCCCCCCC(N)CCCCCCCC.F. The standard InChI is InChI=1S/C18H39N.FH/c1-3-5-7-9-11-13-15-17-18(19)16-14-12-10-8-6-4-2;/h18H,3-17,19H2,1-2H3;1H. The molecule has 2 heteroatoms. The van der Waals surface area contributed by atoms with Gasteiger partial charge in [-0.25, -0.2) is 0 Å². The Balaban J connectivity index is 0. The van der Waals surface area contributed by atoms with Gasteiger partial charge in [-0.15, -0.1) is 0 Å². The fourth-order valence-electron chi connectivity index (χ4n) is 2.69. The van der Waals surface area contributed by atoms with E-state index in [1.807, 2.05) is 0 Å². The third kappa shape index (κ3) is 17.9. The molecular formula is C18H40FN. The number of nitrogens with two attached hydrogens (primary N) is 1. The van der Waals surface area contributed by atoms with Gasteiger partial charge in [-0.3, -0.25) is 4.70 Å². The third-order valence-corrected chi connectivity index (χ3v) is 4.11. The van der Waals surface area contributed by atoms with Crippen molar-refractivity contribution in [2.24, 2.45) is 5.73 Å². The van der Waals surface area contributed by atoms with E-state index in [0.717, 1.165) is 0 Å². The van der Waals surface area contributed by atoms with E-state index in [9.17, 15) is 0 Å². The second-order valence-corrected chi connectivity index (χ2v) is 6.23.